The summed E-state index contributed by atoms with van der Waals surface area (Å²) >= 11 is 0. The van der Waals surface area contributed by atoms with Crippen LogP contribution in [0.25, 0.3) is 0 Å². The van der Waals surface area contributed by atoms with Crippen LogP contribution in [0.2, 0.25) is 0 Å². The molecule has 0 aliphatic heterocycles. The monoisotopic (exact) mass is 297 g/mol. The van der Waals surface area contributed by atoms with Crippen LogP contribution in [0.3, 0.4) is 0 Å². The highest BCUT2D eigenvalue weighted by molar-refractivity contribution is 7.92. The summed E-state index contributed by atoms with van der Waals surface area (Å²) in [5.74, 6) is 0. The van der Waals surface area contributed by atoms with Gasteiger partial charge in [0.05, 0.1) is 21.7 Å². The zero-order valence-corrected chi connectivity index (χ0v) is 12.0. The Morgan fingerprint density at radius 2 is 1.67 bits per heavy atom. The Labute approximate surface area is 123 Å². The summed E-state index contributed by atoms with van der Waals surface area (Å²) in [4.78, 5) is 0.174. The van der Waals surface area contributed by atoms with Gasteiger partial charge in [-0.05, 0) is 36.8 Å². The third-order valence-corrected chi connectivity index (χ3v) is 4.44. The number of hydrogen-bond donors (Lipinski definition) is 1. The first-order chi connectivity index (χ1) is 9.97. The molecule has 2 rings (SSSR count). The van der Waals surface area contributed by atoms with Gasteiger partial charge in [-0.3, -0.25) is 4.72 Å². The number of anilines is 1. The summed E-state index contributed by atoms with van der Waals surface area (Å²) in [5.41, 5.74) is 1.20. The zero-order valence-electron chi connectivity index (χ0n) is 11.2. The molecule has 0 radical (unpaired) electrons. The smallest absolute Gasteiger partial charge is 0.262 e. The fraction of sp³-hybridized carbons (Fsp3) is 0.0667. The number of aryl methyl sites for hydroxylation is 1. The highest BCUT2D eigenvalue weighted by Gasteiger charge is 2.16. The lowest BCUT2D eigenvalue weighted by atomic mass is 10.1. The van der Waals surface area contributed by atoms with Gasteiger partial charge in [0.15, 0.2) is 0 Å². The fourth-order valence-corrected chi connectivity index (χ4v) is 3.16. The molecule has 0 heterocycles. The number of sulfonamides is 1. The number of rotatable bonds is 3. The molecule has 0 aliphatic rings. The van der Waals surface area contributed by atoms with Crippen LogP contribution in [0.1, 0.15) is 16.7 Å². The number of hydrogen-bond acceptors (Lipinski definition) is 4. The standard InChI is InChI=1S/C15H11N3O2S/c1-11-4-2-3-5-15(11)21(19,20)18-14-7-6-12(9-16)13(8-14)10-17/h2-8,18H,1H3. The molecule has 0 aliphatic carbocycles. The maximum atomic E-state index is 12.3. The van der Waals surface area contributed by atoms with E-state index in [1.54, 1.807) is 25.1 Å². The number of benzene rings is 2. The minimum absolute atomic E-state index is 0.127. The average Bonchev–Trinajstić information content (AvgIpc) is 2.47. The first kappa shape index (κ1) is 14.6. The minimum atomic E-state index is -3.73. The van der Waals surface area contributed by atoms with Crippen molar-refractivity contribution in [2.45, 2.75) is 11.8 Å². The van der Waals surface area contributed by atoms with E-state index >= 15 is 0 Å². The zero-order chi connectivity index (χ0) is 15.5. The third kappa shape index (κ3) is 3.02. The Morgan fingerprint density at radius 1 is 1.00 bits per heavy atom. The summed E-state index contributed by atoms with van der Waals surface area (Å²) < 4.78 is 27.0. The van der Waals surface area contributed by atoms with E-state index in [9.17, 15) is 8.42 Å². The molecule has 104 valence electrons. The molecule has 21 heavy (non-hydrogen) atoms. The summed E-state index contributed by atoms with van der Waals surface area (Å²) in [6, 6.07) is 14.6. The van der Waals surface area contributed by atoms with Gasteiger partial charge in [0, 0.05) is 0 Å². The van der Waals surface area contributed by atoms with E-state index in [1.165, 1.54) is 24.3 Å². The van der Waals surface area contributed by atoms with Crippen LogP contribution in [0.5, 0.6) is 0 Å². The Balaban J connectivity index is 2.41. The van der Waals surface area contributed by atoms with Crippen molar-refractivity contribution in [3.63, 3.8) is 0 Å². The molecule has 0 bridgehead atoms. The van der Waals surface area contributed by atoms with Crippen molar-refractivity contribution in [1.29, 1.82) is 10.5 Å². The number of nitrogens with zero attached hydrogens (tertiary/aromatic N) is 2. The van der Waals surface area contributed by atoms with Crippen molar-refractivity contribution in [2.24, 2.45) is 0 Å². The summed E-state index contributed by atoms with van der Waals surface area (Å²) in [6.07, 6.45) is 0. The van der Waals surface area contributed by atoms with Crippen LogP contribution in [0, 0.1) is 29.6 Å². The summed E-state index contributed by atoms with van der Waals surface area (Å²) in [5, 5.41) is 17.8. The SMILES string of the molecule is Cc1ccccc1S(=O)(=O)Nc1ccc(C#N)c(C#N)c1. The molecule has 0 fully saturated rings. The van der Waals surface area contributed by atoms with Crippen LogP contribution < -0.4 is 4.72 Å². The molecule has 6 heteroatoms. The number of nitrogens with one attached hydrogen (secondary N) is 1. The molecule has 2 aromatic rings. The first-order valence-corrected chi connectivity index (χ1v) is 7.49. The molecule has 0 amide bonds. The largest absolute Gasteiger partial charge is 0.280 e. The quantitative estimate of drug-likeness (QED) is 0.942. The van der Waals surface area contributed by atoms with Gasteiger partial charge in [0.1, 0.15) is 12.1 Å². The van der Waals surface area contributed by atoms with Crippen molar-refractivity contribution in [3.8, 4) is 12.1 Å². The van der Waals surface area contributed by atoms with Crippen LogP contribution in [-0.2, 0) is 10.0 Å². The Kier molecular flexibility index (Phi) is 3.93. The Bertz CT molecular complexity index is 875. The minimum Gasteiger partial charge on any atom is -0.280 e. The first-order valence-electron chi connectivity index (χ1n) is 6.00. The third-order valence-electron chi connectivity index (χ3n) is 2.90. The van der Waals surface area contributed by atoms with E-state index in [1.807, 2.05) is 12.1 Å². The molecular formula is C15H11N3O2S. The van der Waals surface area contributed by atoms with Gasteiger partial charge in [0.2, 0.25) is 0 Å². The molecule has 0 spiro atoms. The van der Waals surface area contributed by atoms with Gasteiger partial charge in [0.25, 0.3) is 10.0 Å². The van der Waals surface area contributed by atoms with E-state index in [2.05, 4.69) is 4.72 Å². The van der Waals surface area contributed by atoms with Crippen LogP contribution in [0.4, 0.5) is 5.69 Å². The highest BCUT2D eigenvalue weighted by Crippen LogP contribution is 2.21. The molecule has 0 saturated heterocycles. The van der Waals surface area contributed by atoms with Gasteiger partial charge >= 0.3 is 0 Å². The molecule has 0 saturated carbocycles. The van der Waals surface area contributed by atoms with Crippen LogP contribution in [0.15, 0.2) is 47.4 Å². The summed E-state index contributed by atoms with van der Waals surface area (Å²) in [7, 11) is -3.73. The predicted octanol–water partition coefficient (Wildman–Crippen LogP) is 2.54. The van der Waals surface area contributed by atoms with Crippen LogP contribution in [-0.4, -0.2) is 8.42 Å². The molecule has 2 aromatic carbocycles. The summed E-state index contributed by atoms with van der Waals surface area (Å²) in [6.45, 7) is 1.70. The van der Waals surface area contributed by atoms with Crippen molar-refractivity contribution < 1.29 is 8.42 Å². The lowest BCUT2D eigenvalue weighted by molar-refractivity contribution is 0.600. The topological polar surface area (TPSA) is 93.8 Å². The average molecular weight is 297 g/mol. The second-order valence-electron chi connectivity index (χ2n) is 4.35. The second kappa shape index (κ2) is 5.66. The van der Waals surface area contributed by atoms with E-state index in [0.717, 1.165) is 0 Å². The van der Waals surface area contributed by atoms with Crippen molar-refractivity contribution in [1.82, 2.24) is 0 Å². The highest BCUT2D eigenvalue weighted by atomic mass is 32.2. The normalized spacial score (nSPS) is 10.4. The maximum Gasteiger partial charge on any atom is 0.262 e. The van der Waals surface area contributed by atoms with Gasteiger partial charge in [-0.1, -0.05) is 18.2 Å². The maximum absolute atomic E-state index is 12.3. The fourth-order valence-electron chi connectivity index (χ4n) is 1.87. The molecule has 0 atom stereocenters. The van der Waals surface area contributed by atoms with E-state index < -0.39 is 10.0 Å². The van der Waals surface area contributed by atoms with Gasteiger partial charge in [-0.2, -0.15) is 10.5 Å². The molecule has 1 N–H and O–H groups in total. The number of nitriles is 2. The van der Waals surface area contributed by atoms with E-state index in [0.29, 0.717) is 5.56 Å². The second-order valence-corrected chi connectivity index (χ2v) is 6.01. The lowest BCUT2D eigenvalue weighted by Gasteiger charge is -2.10. The molecule has 5 nitrogen and oxygen atoms in total. The van der Waals surface area contributed by atoms with Crippen LogP contribution >= 0.6 is 0 Å². The van der Waals surface area contributed by atoms with Gasteiger partial charge in [-0.25, -0.2) is 8.42 Å². The molecular weight excluding hydrogens is 286 g/mol. The Hall–Kier alpha value is -2.83. The van der Waals surface area contributed by atoms with Gasteiger partial charge in [-0.15, -0.1) is 0 Å². The lowest BCUT2D eigenvalue weighted by Crippen LogP contribution is -2.14. The van der Waals surface area contributed by atoms with E-state index in [-0.39, 0.29) is 21.7 Å². The Morgan fingerprint density at radius 3 is 2.29 bits per heavy atom. The van der Waals surface area contributed by atoms with Crippen molar-refractivity contribution in [2.75, 3.05) is 4.72 Å². The molecule has 0 aromatic heterocycles. The van der Waals surface area contributed by atoms with E-state index in [4.69, 9.17) is 10.5 Å². The van der Waals surface area contributed by atoms with Crippen molar-refractivity contribution >= 4 is 15.7 Å². The molecule has 0 unspecified atom stereocenters. The van der Waals surface area contributed by atoms with Gasteiger partial charge < -0.3 is 0 Å². The van der Waals surface area contributed by atoms with Crippen molar-refractivity contribution in [3.05, 3.63) is 59.2 Å². The predicted molar refractivity (Wildman–Crippen MR) is 77.9 cm³/mol.